The van der Waals surface area contributed by atoms with E-state index in [2.05, 4.69) is 5.32 Å². The van der Waals surface area contributed by atoms with Crippen LogP contribution in [0.2, 0.25) is 0 Å². The SMILES string of the molecule is COc1ccc(N)c(NC2CC(OC)C2)c1. The summed E-state index contributed by atoms with van der Waals surface area (Å²) in [5.41, 5.74) is 7.58. The van der Waals surface area contributed by atoms with Gasteiger partial charge in [-0.3, -0.25) is 0 Å². The van der Waals surface area contributed by atoms with Crippen LogP contribution in [0, 0.1) is 0 Å². The van der Waals surface area contributed by atoms with Crippen molar-refractivity contribution >= 4 is 11.4 Å². The minimum atomic E-state index is 0.393. The highest BCUT2D eigenvalue weighted by Crippen LogP contribution is 2.30. The summed E-state index contributed by atoms with van der Waals surface area (Å²) >= 11 is 0. The standard InChI is InChI=1S/C12H18N2O2/c1-15-9-3-4-11(13)12(7-9)14-8-5-10(6-8)16-2/h3-4,7-8,10,14H,5-6,13H2,1-2H3. The van der Waals surface area contributed by atoms with Gasteiger partial charge < -0.3 is 20.5 Å². The molecule has 0 spiro atoms. The molecular formula is C12H18N2O2. The molecular weight excluding hydrogens is 204 g/mol. The van der Waals surface area contributed by atoms with Crippen molar-refractivity contribution in [3.8, 4) is 5.75 Å². The van der Waals surface area contributed by atoms with Gasteiger partial charge in [0.2, 0.25) is 0 Å². The summed E-state index contributed by atoms with van der Waals surface area (Å²) in [6, 6.07) is 6.10. The molecule has 1 aliphatic carbocycles. The first-order valence-electron chi connectivity index (χ1n) is 5.45. The number of ether oxygens (including phenoxy) is 2. The molecule has 0 atom stereocenters. The zero-order chi connectivity index (χ0) is 11.5. The molecule has 2 rings (SSSR count). The smallest absolute Gasteiger partial charge is 0.121 e. The number of methoxy groups -OCH3 is 2. The minimum Gasteiger partial charge on any atom is -0.497 e. The van der Waals surface area contributed by atoms with E-state index in [1.54, 1.807) is 14.2 Å². The van der Waals surface area contributed by atoms with E-state index in [9.17, 15) is 0 Å². The van der Waals surface area contributed by atoms with Crippen LogP contribution >= 0.6 is 0 Å². The molecule has 0 unspecified atom stereocenters. The molecule has 0 amide bonds. The van der Waals surface area contributed by atoms with E-state index in [1.165, 1.54) is 0 Å². The highest BCUT2D eigenvalue weighted by atomic mass is 16.5. The van der Waals surface area contributed by atoms with Crippen LogP contribution in [-0.4, -0.2) is 26.4 Å². The van der Waals surface area contributed by atoms with Crippen LogP contribution in [0.5, 0.6) is 5.75 Å². The Balaban J connectivity index is 1.98. The number of rotatable bonds is 4. The monoisotopic (exact) mass is 222 g/mol. The molecule has 0 heterocycles. The van der Waals surface area contributed by atoms with Crippen molar-refractivity contribution in [2.45, 2.75) is 25.0 Å². The summed E-state index contributed by atoms with van der Waals surface area (Å²) in [6.07, 6.45) is 2.46. The Bertz CT molecular complexity index is 362. The Morgan fingerprint density at radius 2 is 2.06 bits per heavy atom. The highest BCUT2D eigenvalue weighted by Gasteiger charge is 2.29. The zero-order valence-corrected chi connectivity index (χ0v) is 9.69. The molecule has 1 aromatic carbocycles. The van der Waals surface area contributed by atoms with E-state index in [-0.39, 0.29) is 0 Å². The van der Waals surface area contributed by atoms with Crippen molar-refractivity contribution in [1.82, 2.24) is 0 Å². The van der Waals surface area contributed by atoms with Gasteiger partial charge in [-0.1, -0.05) is 0 Å². The Morgan fingerprint density at radius 3 is 2.69 bits per heavy atom. The first-order chi connectivity index (χ1) is 7.72. The largest absolute Gasteiger partial charge is 0.497 e. The van der Waals surface area contributed by atoms with E-state index in [4.69, 9.17) is 15.2 Å². The molecule has 0 aliphatic heterocycles. The molecule has 3 N–H and O–H groups in total. The summed E-state index contributed by atoms with van der Waals surface area (Å²) in [5.74, 6) is 0.819. The predicted molar refractivity (Wildman–Crippen MR) is 64.8 cm³/mol. The Hall–Kier alpha value is -1.42. The first kappa shape index (κ1) is 11.1. The zero-order valence-electron chi connectivity index (χ0n) is 9.69. The number of nitrogens with two attached hydrogens (primary N) is 1. The Morgan fingerprint density at radius 1 is 1.31 bits per heavy atom. The minimum absolute atomic E-state index is 0.393. The number of anilines is 2. The Kier molecular flexibility index (Phi) is 3.19. The van der Waals surface area contributed by atoms with E-state index in [0.29, 0.717) is 12.1 Å². The molecule has 1 saturated carbocycles. The van der Waals surface area contributed by atoms with Crippen LogP contribution in [0.25, 0.3) is 0 Å². The highest BCUT2D eigenvalue weighted by molar-refractivity contribution is 5.68. The molecule has 0 aromatic heterocycles. The third kappa shape index (κ3) is 2.22. The van der Waals surface area contributed by atoms with Gasteiger partial charge in [0.05, 0.1) is 24.6 Å². The quantitative estimate of drug-likeness (QED) is 0.763. The van der Waals surface area contributed by atoms with E-state index in [0.717, 1.165) is 30.0 Å². The van der Waals surface area contributed by atoms with Gasteiger partial charge in [-0.15, -0.1) is 0 Å². The second-order valence-corrected chi connectivity index (χ2v) is 4.12. The van der Waals surface area contributed by atoms with Gasteiger partial charge in [0, 0.05) is 19.2 Å². The molecule has 16 heavy (non-hydrogen) atoms. The van der Waals surface area contributed by atoms with Crippen LogP contribution in [0.4, 0.5) is 11.4 Å². The van der Waals surface area contributed by atoms with Crippen LogP contribution in [0.1, 0.15) is 12.8 Å². The maximum Gasteiger partial charge on any atom is 0.121 e. The van der Waals surface area contributed by atoms with Crippen LogP contribution in [0.3, 0.4) is 0 Å². The molecule has 1 fully saturated rings. The molecule has 4 heteroatoms. The maximum atomic E-state index is 5.89. The van der Waals surface area contributed by atoms with Gasteiger partial charge in [0.1, 0.15) is 5.75 Å². The summed E-state index contributed by atoms with van der Waals surface area (Å²) in [6.45, 7) is 0. The molecule has 0 radical (unpaired) electrons. The van der Waals surface area contributed by atoms with Gasteiger partial charge in [-0.25, -0.2) is 0 Å². The third-order valence-electron chi connectivity index (χ3n) is 3.05. The van der Waals surface area contributed by atoms with Crippen molar-refractivity contribution in [3.63, 3.8) is 0 Å². The van der Waals surface area contributed by atoms with Crippen molar-refractivity contribution in [3.05, 3.63) is 18.2 Å². The second-order valence-electron chi connectivity index (χ2n) is 4.12. The molecule has 0 bridgehead atoms. The maximum absolute atomic E-state index is 5.89. The third-order valence-corrected chi connectivity index (χ3v) is 3.05. The fraction of sp³-hybridized carbons (Fsp3) is 0.500. The molecule has 0 saturated heterocycles. The fourth-order valence-corrected chi connectivity index (χ4v) is 1.88. The van der Waals surface area contributed by atoms with Crippen LogP contribution in [0.15, 0.2) is 18.2 Å². The fourth-order valence-electron chi connectivity index (χ4n) is 1.88. The first-order valence-corrected chi connectivity index (χ1v) is 5.45. The van der Waals surface area contributed by atoms with Crippen LogP contribution < -0.4 is 15.8 Å². The summed E-state index contributed by atoms with van der Waals surface area (Å²) in [4.78, 5) is 0. The van der Waals surface area contributed by atoms with Crippen molar-refractivity contribution in [2.24, 2.45) is 0 Å². The topological polar surface area (TPSA) is 56.5 Å². The van der Waals surface area contributed by atoms with E-state index < -0.39 is 0 Å². The Labute approximate surface area is 95.7 Å². The number of hydrogen-bond donors (Lipinski definition) is 2. The summed E-state index contributed by atoms with van der Waals surface area (Å²) < 4.78 is 10.4. The van der Waals surface area contributed by atoms with Gasteiger partial charge in [0.15, 0.2) is 0 Å². The molecule has 88 valence electrons. The van der Waals surface area contributed by atoms with Gasteiger partial charge >= 0.3 is 0 Å². The number of nitrogens with one attached hydrogen (secondary N) is 1. The average molecular weight is 222 g/mol. The normalized spacial score (nSPS) is 23.6. The van der Waals surface area contributed by atoms with Crippen molar-refractivity contribution < 1.29 is 9.47 Å². The molecule has 1 aromatic rings. The lowest BCUT2D eigenvalue weighted by Gasteiger charge is -2.35. The lowest BCUT2D eigenvalue weighted by atomic mass is 9.89. The van der Waals surface area contributed by atoms with Gasteiger partial charge in [-0.05, 0) is 25.0 Å². The lowest BCUT2D eigenvalue weighted by molar-refractivity contribution is 0.0329. The lowest BCUT2D eigenvalue weighted by Crippen LogP contribution is -2.40. The van der Waals surface area contributed by atoms with E-state index >= 15 is 0 Å². The van der Waals surface area contributed by atoms with Crippen molar-refractivity contribution in [2.75, 3.05) is 25.3 Å². The van der Waals surface area contributed by atoms with Gasteiger partial charge in [-0.2, -0.15) is 0 Å². The van der Waals surface area contributed by atoms with Gasteiger partial charge in [0.25, 0.3) is 0 Å². The average Bonchev–Trinajstić information content (AvgIpc) is 2.25. The summed E-state index contributed by atoms with van der Waals surface area (Å²) in [5, 5.41) is 3.40. The van der Waals surface area contributed by atoms with Crippen molar-refractivity contribution in [1.29, 1.82) is 0 Å². The van der Waals surface area contributed by atoms with Crippen LogP contribution in [-0.2, 0) is 4.74 Å². The number of benzene rings is 1. The number of nitrogen functional groups attached to an aromatic ring is 1. The predicted octanol–water partition coefficient (Wildman–Crippen LogP) is 1.87. The number of hydrogen-bond acceptors (Lipinski definition) is 4. The van der Waals surface area contributed by atoms with E-state index in [1.807, 2.05) is 18.2 Å². The molecule has 1 aliphatic rings. The molecule has 4 nitrogen and oxygen atoms in total. The summed E-state index contributed by atoms with van der Waals surface area (Å²) in [7, 11) is 3.40. The second kappa shape index (κ2) is 4.61.